The van der Waals surface area contributed by atoms with Gasteiger partial charge in [-0.15, -0.1) is 12.4 Å². The summed E-state index contributed by atoms with van der Waals surface area (Å²) in [7, 11) is 0. The smallest absolute Gasteiger partial charge is 0.352 e. The van der Waals surface area contributed by atoms with Crippen molar-refractivity contribution in [3.05, 3.63) is 0 Å². The standard InChI is InChI=1S/C11H19F3N2O.ClH/c1-7-4-6-15-8(2)10(7)16-9(17)3-5-11(12,13)14;/h7-8,10,15H,3-6H2,1-2H3,(H,16,17);1H. The highest BCUT2D eigenvalue weighted by Crippen LogP contribution is 2.22. The molecule has 108 valence electrons. The number of alkyl halides is 3. The average molecular weight is 289 g/mol. The Morgan fingerprint density at radius 2 is 2.00 bits per heavy atom. The van der Waals surface area contributed by atoms with Gasteiger partial charge in [0.2, 0.25) is 5.91 Å². The van der Waals surface area contributed by atoms with Crippen LogP contribution in [0, 0.1) is 5.92 Å². The first-order valence-electron chi connectivity index (χ1n) is 5.89. The number of hydrogen-bond donors (Lipinski definition) is 2. The SMILES string of the molecule is CC1CCNC(C)C1NC(=O)CCC(F)(F)F.Cl. The number of hydrogen-bond acceptors (Lipinski definition) is 2. The molecule has 0 aromatic carbocycles. The van der Waals surface area contributed by atoms with Crippen LogP contribution in [0.5, 0.6) is 0 Å². The molecule has 1 rings (SSSR count). The maximum absolute atomic E-state index is 12.0. The largest absolute Gasteiger partial charge is 0.389 e. The Labute approximate surface area is 111 Å². The lowest BCUT2D eigenvalue weighted by Crippen LogP contribution is -2.55. The minimum Gasteiger partial charge on any atom is -0.352 e. The lowest BCUT2D eigenvalue weighted by atomic mass is 9.89. The molecule has 18 heavy (non-hydrogen) atoms. The first-order chi connectivity index (χ1) is 7.79. The van der Waals surface area contributed by atoms with Gasteiger partial charge in [-0.25, -0.2) is 0 Å². The Morgan fingerprint density at radius 3 is 2.50 bits per heavy atom. The number of nitrogens with one attached hydrogen (secondary N) is 2. The third kappa shape index (κ3) is 5.91. The first kappa shape index (κ1) is 17.5. The van der Waals surface area contributed by atoms with Crippen LogP contribution in [0.15, 0.2) is 0 Å². The second kappa shape index (κ2) is 7.19. The zero-order valence-corrected chi connectivity index (χ0v) is 11.3. The van der Waals surface area contributed by atoms with E-state index in [4.69, 9.17) is 0 Å². The van der Waals surface area contributed by atoms with Gasteiger partial charge in [0.05, 0.1) is 6.42 Å². The number of halogens is 4. The van der Waals surface area contributed by atoms with Gasteiger partial charge in [0.15, 0.2) is 0 Å². The Hall–Kier alpha value is -0.490. The maximum Gasteiger partial charge on any atom is 0.389 e. The summed E-state index contributed by atoms with van der Waals surface area (Å²) in [6.45, 7) is 4.83. The number of carbonyl (C=O) groups is 1. The molecule has 0 bridgehead atoms. The second-order valence-electron chi connectivity index (χ2n) is 4.72. The lowest BCUT2D eigenvalue weighted by molar-refractivity contribution is -0.144. The maximum atomic E-state index is 12.0. The summed E-state index contributed by atoms with van der Waals surface area (Å²) in [4.78, 5) is 11.4. The van der Waals surface area contributed by atoms with E-state index in [1.165, 1.54) is 0 Å². The molecule has 0 aromatic heterocycles. The van der Waals surface area contributed by atoms with Gasteiger partial charge >= 0.3 is 6.18 Å². The molecule has 1 saturated heterocycles. The molecular weight excluding hydrogens is 269 g/mol. The molecule has 2 N–H and O–H groups in total. The highest BCUT2D eigenvalue weighted by atomic mass is 35.5. The number of piperidine rings is 1. The Bertz CT molecular complexity index is 264. The van der Waals surface area contributed by atoms with Crippen molar-refractivity contribution in [2.24, 2.45) is 5.92 Å². The van der Waals surface area contributed by atoms with Gasteiger partial charge in [-0.05, 0) is 25.8 Å². The molecule has 3 nitrogen and oxygen atoms in total. The summed E-state index contributed by atoms with van der Waals surface area (Å²) in [6.07, 6.45) is -4.88. The molecule has 0 aliphatic carbocycles. The summed E-state index contributed by atoms with van der Waals surface area (Å²) in [5.41, 5.74) is 0. The molecule has 1 aliphatic heterocycles. The van der Waals surface area contributed by atoms with Crippen LogP contribution in [-0.2, 0) is 4.79 Å². The predicted octanol–water partition coefficient (Wildman–Crippen LogP) is 2.25. The third-order valence-corrected chi connectivity index (χ3v) is 3.18. The minimum atomic E-state index is -4.26. The summed E-state index contributed by atoms with van der Waals surface area (Å²) >= 11 is 0. The molecule has 3 unspecified atom stereocenters. The van der Waals surface area contributed by atoms with Gasteiger partial charge in [0.1, 0.15) is 0 Å². The highest BCUT2D eigenvalue weighted by Gasteiger charge is 2.31. The lowest BCUT2D eigenvalue weighted by Gasteiger charge is -2.36. The van der Waals surface area contributed by atoms with Crippen LogP contribution >= 0.6 is 12.4 Å². The van der Waals surface area contributed by atoms with Crippen molar-refractivity contribution in [1.29, 1.82) is 0 Å². The van der Waals surface area contributed by atoms with Crippen molar-refractivity contribution >= 4 is 18.3 Å². The first-order valence-corrected chi connectivity index (χ1v) is 5.89. The molecule has 1 heterocycles. The molecule has 1 amide bonds. The molecule has 0 spiro atoms. The van der Waals surface area contributed by atoms with Gasteiger partial charge in [0, 0.05) is 18.5 Å². The van der Waals surface area contributed by atoms with E-state index in [0.29, 0.717) is 5.92 Å². The molecule has 1 fully saturated rings. The molecular formula is C11H20ClF3N2O. The fraction of sp³-hybridized carbons (Fsp3) is 0.909. The summed E-state index contributed by atoms with van der Waals surface area (Å²) in [6, 6.07) is 0.0260. The van der Waals surface area contributed by atoms with Crippen LogP contribution in [0.1, 0.15) is 33.1 Å². The quantitative estimate of drug-likeness (QED) is 0.836. The minimum absolute atomic E-state index is 0. The van der Waals surface area contributed by atoms with Crippen LogP contribution < -0.4 is 10.6 Å². The van der Waals surface area contributed by atoms with E-state index in [1.54, 1.807) is 0 Å². The molecule has 3 atom stereocenters. The van der Waals surface area contributed by atoms with Gasteiger partial charge < -0.3 is 10.6 Å². The van der Waals surface area contributed by atoms with E-state index in [-0.39, 0.29) is 24.5 Å². The van der Waals surface area contributed by atoms with Gasteiger partial charge in [-0.2, -0.15) is 13.2 Å². The van der Waals surface area contributed by atoms with E-state index in [0.717, 1.165) is 13.0 Å². The number of rotatable bonds is 3. The number of carbonyl (C=O) groups excluding carboxylic acids is 1. The van der Waals surface area contributed by atoms with Crippen LogP contribution in [0.2, 0.25) is 0 Å². The number of amides is 1. The summed E-state index contributed by atoms with van der Waals surface area (Å²) < 4.78 is 35.9. The van der Waals surface area contributed by atoms with Crippen molar-refractivity contribution in [3.63, 3.8) is 0 Å². The zero-order valence-electron chi connectivity index (χ0n) is 10.5. The predicted molar refractivity (Wildman–Crippen MR) is 65.7 cm³/mol. The van der Waals surface area contributed by atoms with Crippen LogP contribution in [0.25, 0.3) is 0 Å². The van der Waals surface area contributed by atoms with E-state index in [2.05, 4.69) is 10.6 Å². The molecule has 7 heteroatoms. The monoisotopic (exact) mass is 288 g/mol. The van der Waals surface area contributed by atoms with Crippen LogP contribution in [0.3, 0.4) is 0 Å². The molecule has 0 aromatic rings. The molecule has 0 saturated carbocycles. The van der Waals surface area contributed by atoms with Gasteiger partial charge in [-0.1, -0.05) is 6.92 Å². The Morgan fingerprint density at radius 1 is 1.39 bits per heavy atom. The van der Waals surface area contributed by atoms with Gasteiger partial charge in [0.25, 0.3) is 0 Å². The van der Waals surface area contributed by atoms with E-state index in [1.807, 2.05) is 13.8 Å². The van der Waals surface area contributed by atoms with Crippen molar-refractivity contribution < 1.29 is 18.0 Å². The molecule has 0 radical (unpaired) electrons. The van der Waals surface area contributed by atoms with Crippen molar-refractivity contribution in [2.75, 3.05) is 6.54 Å². The van der Waals surface area contributed by atoms with Crippen LogP contribution in [-0.4, -0.2) is 30.7 Å². The highest BCUT2D eigenvalue weighted by molar-refractivity contribution is 5.85. The molecule has 1 aliphatic rings. The fourth-order valence-electron chi connectivity index (χ4n) is 2.12. The second-order valence-corrected chi connectivity index (χ2v) is 4.72. The van der Waals surface area contributed by atoms with Gasteiger partial charge in [-0.3, -0.25) is 4.79 Å². The Balaban J connectivity index is 0.00000289. The summed E-state index contributed by atoms with van der Waals surface area (Å²) in [5, 5.41) is 5.89. The van der Waals surface area contributed by atoms with E-state index < -0.39 is 24.9 Å². The zero-order chi connectivity index (χ0) is 13.1. The van der Waals surface area contributed by atoms with Crippen molar-refractivity contribution in [1.82, 2.24) is 10.6 Å². The topological polar surface area (TPSA) is 41.1 Å². The fourth-order valence-corrected chi connectivity index (χ4v) is 2.12. The van der Waals surface area contributed by atoms with Crippen molar-refractivity contribution in [2.45, 2.75) is 51.4 Å². The Kier molecular flexibility index (Phi) is 6.99. The van der Waals surface area contributed by atoms with Crippen LogP contribution in [0.4, 0.5) is 13.2 Å². The van der Waals surface area contributed by atoms with E-state index >= 15 is 0 Å². The van der Waals surface area contributed by atoms with E-state index in [9.17, 15) is 18.0 Å². The average Bonchev–Trinajstić information content (AvgIpc) is 2.20. The van der Waals surface area contributed by atoms with Crippen molar-refractivity contribution in [3.8, 4) is 0 Å². The third-order valence-electron chi connectivity index (χ3n) is 3.18. The summed E-state index contributed by atoms with van der Waals surface area (Å²) in [5.74, 6) is -0.226. The normalized spacial score (nSPS) is 28.4.